The summed E-state index contributed by atoms with van der Waals surface area (Å²) in [7, 11) is 1.73. The summed E-state index contributed by atoms with van der Waals surface area (Å²) in [6.07, 6.45) is 0. The largest absolute Gasteiger partial charge is 0.496 e. The van der Waals surface area contributed by atoms with Crippen LogP contribution < -0.4 is 10.1 Å². The Morgan fingerprint density at radius 3 is 2.94 bits per heavy atom. The van der Waals surface area contributed by atoms with Gasteiger partial charge in [0.25, 0.3) is 0 Å². The third-order valence-electron chi connectivity index (χ3n) is 3.51. The number of piperazine rings is 1. The lowest BCUT2D eigenvalue weighted by atomic mass is 10.1. The SMILES string of the molecule is COc1ccc(Br)cc1CN1CC(C)NCC1C. The average molecular weight is 313 g/mol. The second kappa shape index (κ2) is 6.04. The van der Waals surface area contributed by atoms with Gasteiger partial charge in [-0.3, -0.25) is 4.90 Å². The van der Waals surface area contributed by atoms with Gasteiger partial charge in [0.15, 0.2) is 0 Å². The molecule has 2 unspecified atom stereocenters. The zero-order valence-electron chi connectivity index (χ0n) is 11.2. The Morgan fingerprint density at radius 2 is 2.22 bits per heavy atom. The average Bonchev–Trinajstić information content (AvgIpc) is 2.34. The van der Waals surface area contributed by atoms with Crippen LogP contribution in [0, 0.1) is 0 Å². The van der Waals surface area contributed by atoms with Gasteiger partial charge in [0.05, 0.1) is 7.11 Å². The topological polar surface area (TPSA) is 24.5 Å². The summed E-state index contributed by atoms with van der Waals surface area (Å²) < 4.78 is 6.55. The molecule has 0 aromatic heterocycles. The molecular weight excluding hydrogens is 292 g/mol. The molecular formula is C14H21BrN2O. The third kappa shape index (κ3) is 3.25. The number of halogens is 1. The highest BCUT2D eigenvalue weighted by Gasteiger charge is 2.23. The predicted octanol–water partition coefficient (Wildman–Crippen LogP) is 2.64. The van der Waals surface area contributed by atoms with E-state index in [9.17, 15) is 0 Å². The molecule has 2 atom stereocenters. The Hall–Kier alpha value is -0.580. The zero-order chi connectivity index (χ0) is 13.1. The number of nitrogens with one attached hydrogen (secondary N) is 1. The van der Waals surface area contributed by atoms with E-state index < -0.39 is 0 Å². The van der Waals surface area contributed by atoms with E-state index in [1.165, 1.54) is 5.56 Å². The molecule has 4 heteroatoms. The van der Waals surface area contributed by atoms with Gasteiger partial charge in [-0.05, 0) is 32.0 Å². The molecule has 0 radical (unpaired) electrons. The van der Waals surface area contributed by atoms with Crippen LogP contribution in [0.15, 0.2) is 22.7 Å². The van der Waals surface area contributed by atoms with Crippen LogP contribution in [0.2, 0.25) is 0 Å². The predicted molar refractivity (Wildman–Crippen MR) is 78.0 cm³/mol. The summed E-state index contributed by atoms with van der Waals surface area (Å²) in [5, 5.41) is 3.51. The van der Waals surface area contributed by atoms with Crippen molar-refractivity contribution >= 4 is 15.9 Å². The van der Waals surface area contributed by atoms with Crippen LogP contribution in [0.4, 0.5) is 0 Å². The van der Waals surface area contributed by atoms with Crippen molar-refractivity contribution in [2.75, 3.05) is 20.2 Å². The lowest BCUT2D eigenvalue weighted by Crippen LogP contribution is -2.53. The fourth-order valence-electron chi connectivity index (χ4n) is 2.41. The van der Waals surface area contributed by atoms with E-state index in [2.05, 4.69) is 46.1 Å². The normalized spacial score (nSPS) is 25.1. The van der Waals surface area contributed by atoms with Crippen LogP contribution in [0.5, 0.6) is 5.75 Å². The molecule has 0 spiro atoms. The molecule has 1 aliphatic heterocycles. The lowest BCUT2D eigenvalue weighted by molar-refractivity contribution is 0.137. The van der Waals surface area contributed by atoms with E-state index >= 15 is 0 Å². The van der Waals surface area contributed by atoms with Gasteiger partial charge in [0.2, 0.25) is 0 Å². The molecule has 1 heterocycles. The summed E-state index contributed by atoms with van der Waals surface area (Å²) in [5.41, 5.74) is 1.24. The van der Waals surface area contributed by atoms with Crippen LogP contribution in [0.25, 0.3) is 0 Å². The number of ether oxygens (including phenoxy) is 1. The van der Waals surface area contributed by atoms with Crippen LogP contribution in [-0.4, -0.2) is 37.2 Å². The van der Waals surface area contributed by atoms with Crippen molar-refractivity contribution < 1.29 is 4.74 Å². The Labute approximate surface area is 118 Å². The molecule has 1 aromatic carbocycles. The number of hydrogen-bond acceptors (Lipinski definition) is 3. The Morgan fingerprint density at radius 1 is 1.44 bits per heavy atom. The smallest absolute Gasteiger partial charge is 0.123 e. The standard InChI is InChI=1S/C14H21BrN2O/c1-10-8-17(11(2)7-16-10)9-12-6-13(15)4-5-14(12)18-3/h4-6,10-11,16H,7-9H2,1-3H3. The fraction of sp³-hybridized carbons (Fsp3) is 0.571. The van der Waals surface area contributed by atoms with Gasteiger partial charge in [0, 0.05) is 41.8 Å². The van der Waals surface area contributed by atoms with E-state index in [-0.39, 0.29) is 0 Å². The molecule has 0 saturated carbocycles. The van der Waals surface area contributed by atoms with Crippen LogP contribution in [-0.2, 0) is 6.54 Å². The van der Waals surface area contributed by atoms with Gasteiger partial charge < -0.3 is 10.1 Å². The number of nitrogens with zero attached hydrogens (tertiary/aromatic N) is 1. The summed E-state index contributed by atoms with van der Waals surface area (Å²) in [5.74, 6) is 0.969. The molecule has 18 heavy (non-hydrogen) atoms. The first-order chi connectivity index (χ1) is 8.60. The van der Waals surface area contributed by atoms with E-state index in [1.807, 2.05) is 12.1 Å². The Balaban J connectivity index is 2.14. The molecule has 1 aliphatic rings. The molecule has 2 rings (SSSR count). The second-order valence-electron chi connectivity index (χ2n) is 5.04. The summed E-state index contributed by atoms with van der Waals surface area (Å²) in [4.78, 5) is 2.51. The quantitative estimate of drug-likeness (QED) is 0.928. The summed E-state index contributed by atoms with van der Waals surface area (Å²) in [6.45, 7) is 7.57. The third-order valence-corrected chi connectivity index (χ3v) is 4.00. The fourth-order valence-corrected chi connectivity index (χ4v) is 2.82. The molecule has 0 bridgehead atoms. The molecule has 1 fully saturated rings. The number of methoxy groups -OCH3 is 1. The maximum atomic E-state index is 5.44. The van der Waals surface area contributed by atoms with E-state index in [0.29, 0.717) is 12.1 Å². The monoisotopic (exact) mass is 312 g/mol. The second-order valence-corrected chi connectivity index (χ2v) is 5.96. The lowest BCUT2D eigenvalue weighted by Gasteiger charge is -2.37. The van der Waals surface area contributed by atoms with Crippen molar-refractivity contribution in [3.8, 4) is 5.75 Å². The van der Waals surface area contributed by atoms with Crippen molar-refractivity contribution in [2.45, 2.75) is 32.5 Å². The first-order valence-electron chi connectivity index (χ1n) is 6.40. The Bertz CT molecular complexity index is 411. The van der Waals surface area contributed by atoms with E-state index in [4.69, 9.17) is 4.74 Å². The van der Waals surface area contributed by atoms with Crippen molar-refractivity contribution in [2.24, 2.45) is 0 Å². The molecule has 3 nitrogen and oxygen atoms in total. The zero-order valence-corrected chi connectivity index (χ0v) is 12.8. The number of benzene rings is 1. The van der Waals surface area contributed by atoms with E-state index in [1.54, 1.807) is 7.11 Å². The van der Waals surface area contributed by atoms with Gasteiger partial charge in [-0.25, -0.2) is 0 Å². The van der Waals surface area contributed by atoms with E-state index in [0.717, 1.165) is 29.9 Å². The number of rotatable bonds is 3. The highest BCUT2D eigenvalue weighted by molar-refractivity contribution is 9.10. The van der Waals surface area contributed by atoms with Crippen molar-refractivity contribution in [3.05, 3.63) is 28.2 Å². The summed E-state index contributed by atoms with van der Waals surface area (Å²) >= 11 is 3.53. The molecule has 1 aromatic rings. The molecule has 0 amide bonds. The van der Waals surface area contributed by atoms with Gasteiger partial charge in [0.1, 0.15) is 5.75 Å². The van der Waals surface area contributed by atoms with Gasteiger partial charge in [-0.2, -0.15) is 0 Å². The summed E-state index contributed by atoms with van der Waals surface area (Å²) in [6, 6.07) is 7.31. The maximum Gasteiger partial charge on any atom is 0.123 e. The first-order valence-corrected chi connectivity index (χ1v) is 7.19. The highest BCUT2D eigenvalue weighted by atomic mass is 79.9. The molecule has 100 valence electrons. The Kier molecular flexibility index (Phi) is 4.65. The van der Waals surface area contributed by atoms with Crippen LogP contribution in [0.3, 0.4) is 0 Å². The van der Waals surface area contributed by atoms with Gasteiger partial charge in [-0.1, -0.05) is 15.9 Å². The van der Waals surface area contributed by atoms with Gasteiger partial charge in [-0.15, -0.1) is 0 Å². The van der Waals surface area contributed by atoms with Crippen LogP contribution >= 0.6 is 15.9 Å². The number of hydrogen-bond donors (Lipinski definition) is 1. The van der Waals surface area contributed by atoms with Crippen molar-refractivity contribution in [1.82, 2.24) is 10.2 Å². The van der Waals surface area contributed by atoms with Crippen LogP contribution in [0.1, 0.15) is 19.4 Å². The minimum atomic E-state index is 0.555. The van der Waals surface area contributed by atoms with Crippen molar-refractivity contribution in [3.63, 3.8) is 0 Å². The highest BCUT2D eigenvalue weighted by Crippen LogP contribution is 2.25. The van der Waals surface area contributed by atoms with Gasteiger partial charge >= 0.3 is 0 Å². The molecule has 0 aliphatic carbocycles. The minimum absolute atomic E-state index is 0.555. The molecule has 1 N–H and O–H groups in total. The maximum absolute atomic E-state index is 5.44. The minimum Gasteiger partial charge on any atom is -0.496 e. The molecule has 1 saturated heterocycles. The first kappa shape index (κ1) is 13.8. The van der Waals surface area contributed by atoms with Crippen molar-refractivity contribution in [1.29, 1.82) is 0 Å².